The largest absolute Gasteiger partial charge is 0.394 e. The highest BCUT2D eigenvalue weighted by atomic mass is 32.2. The van der Waals surface area contributed by atoms with Crippen LogP contribution in [0.3, 0.4) is 0 Å². The summed E-state index contributed by atoms with van der Waals surface area (Å²) < 4.78 is 5.12. The number of amides is 2. The number of ether oxygens (including phenoxy) is 1. The van der Waals surface area contributed by atoms with Gasteiger partial charge in [-0.25, -0.2) is 0 Å². The van der Waals surface area contributed by atoms with Gasteiger partial charge in [-0.05, 0) is 0 Å². The predicted octanol–water partition coefficient (Wildman–Crippen LogP) is -1.84. The fourth-order valence-electron chi connectivity index (χ4n) is 1.94. The third-order valence-corrected chi connectivity index (χ3v) is 3.74. The van der Waals surface area contributed by atoms with Crippen molar-refractivity contribution in [2.24, 2.45) is 0 Å². The number of rotatable bonds is 2. The highest BCUT2D eigenvalue weighted by molar-refractivity contribution is 8.14. The number of nitrogens with zero attached hydrogens (tertiary/aromatic N) is 1. The molecule has 96 valence electrons. The molecule has 17 heavy (non-hydrogen) atoms. The van der Waals surface area contributed by atoms with Crippen molar-refractivity contribution in [3.8, 4) is 0 Å². The molecule has 2 fully saturated rings. The molecule has 0 aromatic heterocycles. The van der Waals surface area contributed by atoms with Crippen LogP contribution in [0.4, 0.5) is 4.79 Å². The summed E-state index contributed by atoms with van der Waals surface area (Å²) in [6.07, 6.45) is -3.50. The topological polar surface area (TPSA) is 107 Å². The van der Waals surface area contributed by atoms with Gasteiger partial charge in [0.2, 0.25) is 5.91 Å². The summed E-state index contributed by atoms with van der Waals surface area (Å²) in [5.74, 6) is -0.357. The maximum Gasteiger partial charge on any atom is 0.289 e. The van der Waals surface area contributed by atoms with Gasteiger partial charge in [-0.1, -0.05) is 11.8 Å². The van der Waals surface area contributed by atoms with Gasteiger partial charge in [0.05, 0.1) is 25.0 Å². The number of carbonyl (C=O) groups is 2. The molecular weight excluding hydrogens is 250 g/mol. The number of carbonyl (C=O) groups excluding carboxylic acids is 2. The average molecular weight is 263 g/mol. The second-order valence-electron chi connectivity index (χ2n) is 3.92. The number of thioether (sulfide) groups is 1. The number of hydrogen-bond acceptors (Lipinski definition) is 7. The lowest BCUT2D eigenvalue weighted by molar-refractivity contribution is -0.177. The maximum absolute atomic E-state index is 11.5. The highest BCUT2D eigenvalue weighted by Gasteiger charge is 2.46. The standard InChI is InChI=1S/C9H13NO6S/c11-1-5-8(14)7(13)4(2-16-5)10-6(12)3-17-9(10)15/h4-5,7-8,11,13-14H,1-3H2/t4-,5-,7-,8+/m1/s1. The van der Waals surface area contributed by atoms with Gasteiger partial charge in [-0.15, -0.1) is 0 Å². The van der Waals surface area contributed by atoms with Gasteiger partial charge in [0.1, 0.15) is 18.3 Å². The van der Waals surface area contributed by atoms with Gasteiger partial charge >= 0.3 is 0 Å². The fourth-order valence-corrected chi connectivity index (χ4v) is 2.70. The molecule has 2 saturated heterocycles. The summed E-state index contributed by atoms with van der Waals surface area (Å²) >= 11 is 0.857. The van der Waals surface area contributed by atoms with Crippen LogP contribution in [0.25, 0.3) is 0 Å². The van der Waals surface area contributed by atoms with Crippen LogP contribution in [0.5, 0.6) is 0 Å². The normalized spacial score (nSPS) is 38.9. The van der Waals surface area contributed by atoms with Gasteiger partial charge in [-0.3, -0.25) is 14.5 Å². The molecule has 2 aliphatic rings. The molecule has 8 heteroatoms. The zero-order valence-corrected chi connectivity index (χ0v) is 9.67. The van der Waals surface area contributed by atoms with Crippen molar-refractivity contribution in [2.75, 3.05) is 19.0 Å². The molecule has 7 nitrogen and oxygen atoms in total. The van der Waals surface area contributed by atoms with Crippen LogP contribution in [0.2, 0.25) is 0 Å². The van der Waals surface area contributed by atoms with E-state index in [9.17, 15) is 19.8 Å². The van der Waals surface area contributed by atoms with Crippen LogP contribution in [-0.2, 0) is 9.53 Å². The van der Waals surface area contributed by atoms with Crippen LogP contribution >= 0.6 is 11.8 Å². The zero-order chi connectivity index (χ0) is 12.6. The molecule has 0 radical (unpaired) electrons. The summed E-state index contributed by atoms with van der Waals surface area (Å²) in [6.45, 7) is -0.511. The molecular formula is C9H13NO6S. The monoisotopic (exact) mass is 263 g/mol. The highest BCUT2D eigenvalue weighted by Crippen LogP contribution is 2.27. The van der Waals surface area contributed by atoms with Crippen molar-refractivity contribution in [1.82, 2.24) is 4.90 Å². The van der Waals surface area contributed by atoms with E-state index in [1.165, 1.54) is 0 Å². The Morgan fingerprint density at radius 2 is 2.06 bits per heavy atom. The molecule has 0 bridgehead atoms. The number of aliphatic hydroxyl groups excluding tert-OH is 3. The van der Waals surface area contributed by atoms with Crippen LogP contribution < -0.4 is 0 Å². The van der Waals surface area contributed by atoms with Gasteiger partial charge in [-0.2, -0.15) is 0 Å². The minimum atomic E-state index is -1.31. The Balaban J connectivity index is 2.12. The lowest BCUT2D eigenvalue weighted by Crippen LogP contribution is -2.60. The molecule has 2 aliphatic heterocycles. The second-order valence-corrected chi connectivity index (χ2v) is 4.85. The van der Waals surface area contributed by atoms with E-state index >= 15 is 0 Å². The number of aliphatic hydroxyl groups is 3. The first kappa shape index (κ1) is 12.8. The quantitative estimate of drug-likeness (QED) is 0.537. The second kappa shape index (κ2) is 4.91. The van der Waals surface area contributed by atoms with Crippen molar-refractivity contribution in [3.63, 3.8) is 0 Å². The van der Waals surface area contributed by atoms with Crippen LogP contribution in [0, 0.1) is 0 Å². The van der Waals surface area contributed by atoms with E-state index in [0.717, 1.165) is 16.7 Å². The van der Waals surface area contributed by atoms with E-state index in [2.05, 4.69) is 0 Å². The third-order valence-electron chi connectivity index (χ3n) is 2.90. The SMILES string of the molecule is O=C1CSC(=O)N1[C@@H]1CO[C@H](CO)[C@H](O)[C@@H]1O. The van der Waals surface area contributed by atoms with Crippen molar-refractivity contribution in [2.45, 2.75) is 24.4 Å². The van der Waals surface area contributed by atoms with Crippen LogP contribution in [0.1, 0.15) is 0 Å². The first-order chi connectivity index (χ1) is 8.06. The average Bonchev–Trinajstić information content (AvgIpc) is 2.63. The molecule has 0 aromatic carbocycles. The Kier molecular flexibility index (Phi) is 3.69. The third kappa shape index (κ3) is 2.18. The maximum atomic E-state index is 11.5. The smallest absolute Gasteiger partial charge is 0.289 e. The van der Waals surface area contributed by atoms with Crippen molar-refractivity contribution in [3.05, 3.63) is 0 Å². The Morgan fingerprint density at radius 1 is 1.35 bits per heavy atom. The summed E-state index contributed by atoms with van der Waals surface area (Å²) in [6, 6.07) is -0.886. The van der Waals surface area contributed by atoms with Crippen molar-refractivity contribution < 1.29 is 29.6 Å². The summed E-state index contributed by atoms with van der Waals surface area (Å²) in [7, 11) is 0. The lowest BCUT2D eigenvalue weighted by Gasteiger charge is -2.39. The Morgan fingerprint density at radius 3 is 2.59 bits per heavy atom. The van der Waals surface area contributed by atoms with E-state index in [0.29, 0.717) is 0 Å². The molecule has 4 atom stereocenters. The molecule has 3 N–H and O–H groups in total. The minimum Gasteiger partial charge on any atom is -0.394 e. The fraction of sp³-hybridized carbons (Fsp3) is 0.778. The van der Waals surface area contributed by atoms with E-state index in [-0.39, 0.29) is 12.4 Å². The number of imide groups is 1. The number of hydrogen-bond donors (Lipinski definition) is 3. The zero-order valence-electron chi connectivity index (χ0n) is 8.85. The van der Waals surface area contributed by atoms with Crippen LogP contribution in [0.15, 0.2) is 0 Å². The van der Waals surface area contributed by atoms with E-state index in [1.54, 1.807) is 0 Å². The van der Waals surface area contributed by atoms with E-state index in [4.69, 9.17) is 9.84 Å². The summed E-state index contributed by atoms with van der Waals surface area (Å²) in [4.78, 5) is 23.9. The molecule has 0 aromatic rings. The Hall–Kier alpha value is -0.670. The van der Waals surface area contributed by atoms with Crippen molar-refractivity contribution >= 4 is 22.9 Å². The Labute approximate surface area is 101 Å². The molecule has 2 amide bonds. The lowest BCUT2D eigenvalue weighted by atomic mass is 9.97. The van der Waals surface area contributed by atoms with E-state index < -0.39 is 42.1 Å². The van der Waals surface area contributed by atoms with E-state index in [1.807, 2.05) is 0 Å². The summed E-state index contributed by atoms with van der Waals surface area (Å²) in [5.41, 5.74) is 0. The summed E-state index contributed by atoms with van der Waals surface area (Å²) in [5, 5.41) is 27.9. The Bertz CT molecular complexity index is 321. The minimum absolute atomic E-state index is 0.0432. The van der Waals surface area contributed by atoms with Crippen LogP contribution in [-0.4, -0.2) is 74.7 Å². The first-order valence-corrected chi connectivity index (χ1v) is 6.12. The molecule has 0 spiro atoms. The molecule has 2 rings (SSSR count). The molecule has 0 unspecified atom stereocenters. The predicted molar refractivity (Wildman–Crippen MR) is 57.3 cm³/mol. The first-order valence-electron chi connectivity index (χ1n) is 5.13. The van der Waals surface area contributed by atoms with Crippen molar-refractivity contribution in [1.29, 1.82) is 0 Å². The van der Waals surface area contributed by atoms with Gasteiger partial charge in [0.15, 0.2) is 0 Å². The van der Waals surface area contributed by atoms with Gasteiger partial charge in [0.25, 0.3) is 5.24 Å². The van der Waals surface area contributed by atoms with Gasteiger partial charge < -0.3 is 20.1 Å². The molecule has 0 saturated carbocycles. The molecule has 0 aliphatic carbocycles. The molecule has 2 heterocycles. The van der Waals surface area contributed by atoms with Gasteiger partial charge in [0, 0.05) is 0 Å².